The van der Waals surface area contributed by atoms with Gasteiger partial charge in [-0.15, -0.1) is 5.10 Å². The van der Waals surface area contributed by atoms with E-state index in [9.17, 15) is 14.4 Å². The molecule has 2 unspecified atom stereocenters. The molecular weight excluding hydrogens is 660 g/mol. The van der Waals surface area contributed by atoms with Crippen molar-refractivity contribution >= 4 is 17.7 Å². The maximum atomic E-state index is 14.3. The largest absolute Gasteiger partial charge is 0.493 e. The quantitative estimate of drug-likeness (QED) is 0.157. The lowest BCUT2D eigenvalue weighted by Gasteiger charge is -2.24. The molecule has 2 aromatic carbocycles. The summed E-state index contributed by atoms with van der Waals surface area (Å²) in [4.78, 5) is 46.2. The van der Waals surface area contributed by atoms with E-state index in [0.717, 1.165) is 36.1 Å². The van der Waals surface area contributed by atoms with E-state index in [0.29, 0.717) is 84.8 Å². The van der Waals surface area contributed by atoms with Crippen LogP contribution >= 0.6 is 0 Å². The smallest absolute Gasteiger partial charge is 0.313 e. The van der Waals surface area contributed by atoms with E-state index in [2.05, 4.69) is 41.3 Å². The fourth-order valence-electron chi connectivity index (χ4n) is 6.71. The van der Waals surface area contributed by atoms with Crippen molar-refractivity contribution in [3.8, 4) is 34.0 Å². The third-order valence-corrected chi connectivity index (χ3v) is 9.77. The van der Waals surface area contributed by atoms with Crippen molar-refractivity contribution in [3.05, 3.63) is 65.7 Å². The molecule has 1 saturated carbocycles. The first-order valence-electron chi connectivity index (χ1n) is 18.5. The SMILES string of the molecule is CCOc1cc(C(=O)N2CCCCC(=O)c3cc(-c4ncn(COC(=O)C(C)(C)C)n4)ccc3OCC2)cc(C2CC2CC)c1-c1cnn(CC)c1. The Morgan fingerprint density at radius 1 is 1.02 bits per heavy atom. The van der Waals surface area contributed by atoms with Crippen LogP contribution in [0.5, 0.6) is 11.5 Å². The van der Waals surface area contributed by atoms with Crippen molar-refractivity contribution < 1.29 is 28.6 Å². The molecule has 52 heavy (non-hydrogen) atoms. The first kappa shape index (κ1) is 36.8. The molecule has 2 aliphatic rings. The molecule has 0 N–H and O–H groups in total. The zero-order chi connectivity index (χ0) is 37.0. The van der Waals surface area contributed by atoms with Gasteiger partial charge in [-0.2, -0.15) is 5.10 Å². The Labute approximate surface area is 305 Å². The zero-order valence-corrected chi connectivity index (χ0v) is 31.2. The molecule has 12 nitrogen and oxygen atoms in total. The Morgan fingerprint density at radius 2 is 1.85 bits per heavy atom. The van der Waals surface area contributed by atoms with Gasteiger partial charge in [0, 0.05) is 48.0 Å². The molecule has 1 amide bonds. The number of ketones is 1. The van der Waals surface area contributed by atoms with Gasteiger partial charge in [0.1, 0.15) is 24.4 Å². The second-order valence-electron chi connectivity index (χ2n) is 14.6. The van der Waals surface area contributed by atoms with Crippen LogP contribution in [0.25, 0.3) is 22.5 Å². The van der Waals surface area contributed by atoms with Gasteiger partial charge in [0.2, 0.25) is 0 Å². The maximum Gasteiger partial charge on any atom is 0.313 e. The molecule has 1 aliphatic heterocycles. The summed E-state index contributed by atoms with van der Waals surface area (Å²) in [5, 5.41) is 8.99. The highest BCUT2D eigenvalue weighted by molar-refractivity contribution is 6.00. The third kappa shape index (κ3) is 8.21. The van der Waals surface area contributed by atoms with Gasteiger partial charge in [-0.05, 0) is 102 Å². The van der Waals surface area contributed by atoms with Gasteiger partial charge in [-0.1, -0.05) is 13.3 Å². The molecule has 0 radical (unpaired) electrons. The number of benzene rings is 2. The minimum Gasteiger partial charge on any atom is -0.493 e. The van der Waals surface area contributed by atoms with Crippen LogP contribution in [-0.4, -0.2) is 73.4 Å². The van der Waals surface area contributed by atoms with Gasteiger partial charge >= 0.3 is 5.97 Å². The van der Waals surface area contributed by atoms with Crippen molar-refractivity contribution in [2.45, 2.75) is 92.8 Å². The Balaban J connectivity index is 1.21. The molecule has 1 aliphatic carbocycles. The van der Waals surface area contributed by atoms with Crippen LogP contribution in [0.1, 0.15) is 106 Å². The number of fused-ring (bicyclic) bond motifs is 1. The summed E-state index contributed by atoms with van der Waals surface area (Å²) in [6.07, 6.45) is 9.21. The van der Waals surface area contributed by atoms with Gasteiger partial charge in [0.05, 0.1) is 30.3 Å². The van der Waals surface area contributed by atoms with E-state index < -0.39 is 5.41 Å². The van der Waals surface area contributed by atoms with E-state index in [1.807, 2.05) is 28.8 Å². The molecule has 2 atom stereocenters. The molecule has 2 aromatic heterocycles. The summed E-state index contributed by atoms with van der Waals surface area (Å²) in [6.45, 7) is 13.9. The molecule has 3 heterocycles. The number of carbonyl (C=O) groups excluding carboxylic acids is 3. The first-order valence-corrected chi connectivity index (χ1v) is 18.5. The van der Waals surface area contributed by atoms with Gasteiger partial charge in [0.25, 0.3) is 5.91 Å². The molecule has 4 aromatic rings. The number of hydrogen-bond acceptors (Lipinski definition) is 9. The zero-order valence-electron chi connectivity index (χ0n) is 31.2. The highest BCUT2D eigenvalue weighted by Gasteiger charge is 2.40. The molecule has 0 saturated heterocycles. The fourth-order valence-corrected chi connectivity index (χ4v) is 6.71. The number of hydrogen-bond donors (Lipinski definition) is 0. The number of aryl methyl sites for hydroxylation is 1. The van der Waals surface area contributed by atoms with E-state index in [-0.39, 0.29) is 31.0 Å². The summed E-state index contributed by atoms with van der Waals surface area (Å²) in [5.41, 5.74) is 4.25. The highest BCUT2D eigenvalue weighted by Crippen LogP contribution is 2.54. The Morgan fingerprint density at radius 3 is 2.56 bits per heavy atom. The van der Waals surface area contributed by atoms with Crippen molar-refractivity contribution in [3.63, 3.8) is 0 Å². The van der Waals surface area contributed by atoms with Gasteiger partial charge in [-0.25, -0.2) is 9.67 Å². The lowest BCUT2D eigenvalue weighted by molar-refractivity contribution is -0.157. The van der Waals surface area contributed by atoms with E-state index in [1.165, 1.54) is 11.0 Å². The summed E-state index contributed by atoms with van der Waals surface area (Å²) in [6, 6.07) is 9.27. The molecule has 12 heteroatoms. The summed E-state index contributed by atoms with van der Waals surface area (Å²) < 4.78 is 21.1. The summed E-state index contributed by atoms with van der Waals surface area (Å²) in [7, 11) is 0. The van der Waals surface area contributed by atoms with Crippen molar-refractivity contribution in [2.24, 2.45) is 11.3 Å². The average Bonchev–Trinajstić information content (AvgIpc) is 3.51. The van der Waals surface area contributed by atoms with Crippen LogP contribution in [-0.2, 0) is 22.8 Å². The summed E-state index contributed by atoms with van der Waals surface area (Å²) >= 11 is 0. The van der Waals surface area contributed by atoms with Gasteiger partial charge < -0.3 is 19.1 Å². The Kier molecular flexibility index (Phi) is 11.1. The average molecular weight is 711 g/mol. The van der Waals surface area contributed by atoms with Crippen molar-refractivity contribution in [1.82, 2.24) is 29.4 Å². The van der Waals surface area contributed by atoms with E-state index >= 15 is 0 Å². The van der Waals surface area contributed by atoms with Crippen LogP contribution in [0.2, 0.25) is 0 Å². The number of Topliss-reactive ketones (excluding diaryl/α,β-unsaturated/α-hetero) is 1. The number of rotatable bonds is 10. The van der Waals surface area contributed by atoms with Crippen LogP contribution in [0.15, 0.2) is 49.1 Å². The second kappa shape index (κ2) is 15.7. The second-order valence-corrected chi connectivity index (χ2v) is 14.6. The van der Waals surface area contributed by atoms with E-state index in [4.69, 9.17) is 14.2 Å². The van der Waals surface area contributed by atoms with Crippen LogP contribution in [0, 0.1) is 11.3 Å². The normalized spacial score (nSPS) is 17.9. The lowest BCUT2D eigenvalue weighted by Crippen LogP contribution is -2.35. The lowest BCUT2D eigenvalue weighted by atomic mass is 9.93. The fraction of sp³-hybridized carbons (Fsp3) is 0.500. The molecule has 0 bridgehead atoms. The Bertz CT molecular complexity index is 1920. The summed E-state index contributed by atoms with van der Waals surface area (Å²) in [5.74, 6) is 2.05. The standard InChI is InChI=1S/C40H50N6O6/c1-7-26-18-30(26)31-20-28(21-35(50-9-3)36(31)29-22-42-45(8-2)23-29)38(48)44-15-11-10-12-33(47)32-19-27(13-14-34(32)51-17-16-44)37-41-24-46(43-37)25-52-39(49)40(4,5)6/h13-14,19-24,26,30H,7-12,15-18,25H2,1-6H3. The van der Waals surface area contributed by atoms with Crippen LogP contribution in [0.4, 0.5) is 0 Å². The number of ether oxygens (including phenoxy) is 3. The Hall–Kier alpha value is -5.00. The minimum atomic E-state index is -0.628. The molecule has 6 rings (SSSR count). The van der Waals surface area contributed by atoms with Crippen LogP contribution in [0.3, 0.4) is 0 Å². The van der Waals surface area contributed by atoms with Crippen molar-refractivity contribution in [2.75, 3.05) is 26.3 Å². The maximum absolute atomic E-state index is 14.3. The number of esters is 1. The highest BCUT2D eigenvalue weighted by atomic mass is 16.5. The number of aromatic nitrogens is 5. The van der Waals surface area contributed by atoms with Gasteiger partial charge in [0.15, 0.2) is 18.3 Å². The van der Waals surface area contributed by atoms with E-state index in [1.54, 1.807) is 39.0 Å². The number of nitrogens with zero attached hydrogens (tertiary/aromatic N) is 6. The minimum absolute atomic E-state index is 0.0435. The molecule has 276 valence electrons. The predicted molar refractivity (Wildman–Crippen MR) is 196 cm³/mol. The monoisotopic (exact) mass is 710 g/mol. The van der Waals surface area contributed by atoms with Crippen LogP contribution < -0.4 is 9.47 Å². The predicted octanol–water partition coefficient (Wildman–Crippen LogP) is 7.18. The third-order valence-electron chi connectivity index (χ3n) is 9.77. The molecular formula is C40H50N6O6. The number of carbonyl (C=O) groups is 3. The molecule has 0 spiro atoms. The number of amides is 1. The topological polar surface area (TPSA) is 131 Å². The molecule has 1 fully saturated rings. The first-order chi connectivity index (χ1) is 25.0. The van der Waals surface area contributed by atoms with Crippen molar-refractivity contribution in [1.29, 1.82) is 0 Å². The van der Waals surface area contributed by atoms with Gasteiger partial charge in [-0.3, -0.25) is 19.1 Å².